The predicted molar refractivity (Wildman–Crippen MR) is 130 cm³/mol. The molecule has 0 unspecified atom stereocenters. The number of hydrogen-bond donors (Lipinski definition) is 4. The molecule has 2 aromatic rings. The van der Waals surface area contributed by atoms with Gasteiger partial charge in [-0.25, -0.2) is 4.98 Å². The lowest BCUT2D eigenvalue weighted by atomic mass is 9.93. The van der Waals surface area contributed by atoms with Crippen molar-refractivity contribution < 1.29 is 10.2 Å². The smallest absolute Gasteiger partial charge is 0.183 e. The molecule has 1 saturated carbocycles. The van der Waals surface area contributed by atoms with Crippen molar-refractivity contribution >= 4 is 34.1 Å². The molecule has 2 aliphatic rings. The molecular weight excluding hydrogens is 428 g/mol. The summed E-state index contributed by atoms with van der Waals surface area (Å²) in [6, 6.07) is 10.9. The molecule has 4 rings (SSSR count). The zero-order chi connectivity index (χ0) is 21.8. The third kappa shape index (κ3) is 5.94. The number of aliphatic hydroxyl groups is 2. The zero-order valence-electron chi connectivity index (χ0n) is 18.2. The first-order valence-electron chi connectivity index (χ1n) is 10.9. The van der Waals surface area contributed by atoms with Gasteiger partial charge in [0.2, 0.25) is 0 Å². The van der Waals surface area contributed by atoms with E-state index in [1.165, 1.54) is 10.4 Å². The molecule has 1 aromatic heterocycles. The fourth-order valence-corrected chi connectivity index (χ4v) is 5.87. The van der Waals surface area contributed by atoms with Crippen molar-refractivity contribution in [2.75, 3.05) is 11.9 Å². The van der Waals surface area contributed by atoms with Crippen LogP contribution >= 0.6 is 23.3 Å². The first kappa shape index (κ1) is 22.5. The van der Waals surface area contributed by atoms with E-state index in [0.29, 0.717) is 6.04 Å². The molecule has 1 aliphatic heterocycles. The van der Waals surface area contributed by atoms with Crippen LogP contribution in [0.1, 0.15) is 55.7 Å². The second-order valence-electron chi connectivity index (χ2n) is 8.98. The van der Waals surface area contributed by atoms with Crippen molar-refractivity contribution in [3.8, 4) is 0 Å². The molecule has 1 aromatic carbocycles. The summed E-state index contributed by atoms with van der Waals surface area (Å²) in [5.74, 6) is 0.900. The average molecular weight is 461 g/mol. The van der Waals surface area contributed by atoms with Gasteiger partial charge in [-0.1, -0.05) is 41.7 Å². The highest BCUT2D eigenvalue weighted by Gasteiger charge is 2.28. The second kappa shape index (κ2) is 9.81. The third-order valence-corrected chi connectivity index (χ3v) is 7.66. The maximum Gasteiger partial charge on any atom is 0.183 e. The van der Waals surface area contributed by atoms with Crippen molar-refractivity contribution in [2.24, 2.45) is 0 Å². The summed E-state index contributed by atoms with van der Waals surface area (Å²) in [7, 11) is 0. The lowest BCUT2D eigenvalue weighted by Crippen LogP contribution is -2.42. The molecule has 4 N–H and O–H groups in total. The maximum atomic E-state index is 9.77. The Bertz CT molecular complexity index is 892. The first-order valence-corrected chi connectivity index (χ1v) is 12.7. The number of hydrogen-bond acceptors (Lipinski definition) is 8. The lowest BCUT2D eigenvalue weighted by molar-refractivity contribution is 0.126. The molecule has 0 atom stereocenters. The van der Waals surface area contributed by atoms with E-state index in [9.17, 15) is 10.2 Å². The summed E-state index contributed by atoms with van der Waals surface area (Å²) in [6.45, 7) is 4.82. The lowest BCUT2D eigenvalue weighted by Gasteiger charge is -2.31. The molecule has 2 heterocycles. The Hall–Kier alpha value is -1.74. The summed E-state index contributed by atoms with van der Waals surface area (Å²) in [5, 5.41) is 27.6. The Balaban J connectivity index is 1.50. The van der Waals surface area contributed by atoms with Crippen LogP contribution in [0.4, 0.5) is 5.13 Å². The van der Waals surface area contributed by atoms with Crippen LogP contribution in [0.5, 0.6) is 0 Å². The molecule has 0 spiro atoms. The van der Waals surface area contributed by atoms with Crippen molar-refractivity contribution in [2.45, 2.75) is 69.5 Å². The van der Waals surface area contributed by atoms with Crippen molar-refractivity contribution in [1.29, 1.82) is 0 Å². The standard InChI is InChI=1S/C23H32N4O2S2/c1-23(2,15-28)26-19-12-27(30-14-16-6-4-3-5-7-16)13-20-21(19)25-22(31-20)24-17-8-10-18(29)11-9-17/h3-7,12,17-18,26,28-29H,8-11,13-15H2,1-2H3,(H,24,25). The van der Waals surface area contributed by atoms with E-state index >= 15 is 0 Å². The van der Waals surface area contributed by atoms with Gasteiger partial charge < -0.3 is 25.2 Å². The fourth-order valence-electron chi connectivity index (χ4n) is 3.83. The van der Waals surface area contributed by atoms with Gasteiger partial charge in [-0.3, -0.25) is 0 Å². The maximum absolute atomic E-state index is 9.77. The first-order chi connectivity index (χ1) is 14.9. The Kier molecular flexibility index (Phi) is 7.11. The quantitative estimate of drug-likeness (QED) is 0.440. The zero-order valence-corrected chi connectivity index (χ0v) is 19.8. The highest BCUT2D eigenvalue weighted by molar-refractivity contribution is 7.96. The molecule has 6 nitrogen and oxygen atoms in total. The van der Waals surface area contributed by atoms with Crippen LogP contribution in [0.3, 0.4) is 0 Å². The van der Waals surface area contributed by atoms with E-state index in [1.807, 2.05) is 19.9 Å². The summed E-state index contributed by atoms with van der Waals surface area (Å²) in [5.41, 5.74) is 2.78. The van der Waals surface area contributed by atoms with E-state index in [0.717, 1.165) is 54.5 Å². The van der Waals surface area contributed by atoms with Crippen LogP contribution in [-0.4, -0.2) is 43.8 Å². The summed E-state index contributed by atoms with van der Waals surface area (Å²) in [4.78, 5) is 6.13. The molecule has 31 heavy (non-hydrogen) atoms. The normalized spacial score (nSPS) is 21.4. The van der Waals surface area contributed by atoms with E-state index in [4.69, 9.17) is 4.98 Å². The van der Waals surface area contributed by atoms with Crippen LogP contribution in [0.15, 0.2) is 36.5 Å². The fraction of sp³-hybridized carbons (Fsp3) is 0.522. The summed E-state index contributed by atoms with van der Waals surface area (Å²) < 4.78 is 2.25. The van der Waals surface area contributed by atoms with Crippen molar-refractivity contribution in [3.63, 3.8) is 0 Å². The van der Waals surface area contributed by atoms with Gasteiger partial charge in [0.25, 0.3) is 0 Å². The SMILES string of the molecule is CC(C)(CO)NC1=CN(SCc2ccccc2)Cc2sc(NC3CCC(O)CC3)nc21. The topological polar surface area (TPSA) is 80.7 Å². The Morgan fingerprint density at radius 2 is 1.94 bits per heavy atom. The largest absolute Gasteiger partial charge is 0.394 e. The molecule has 0 bridgehead atoms. The van der Waals surface area contributed by atoms with E-state index in [2.05, 4.69) is 45.4 Å². The van der Waals surface area contributed by atoms with Crippen LogP contribution in [0, 0.1) is 0 Å². The number of benzene rings is 1. The second-order valence-corrected chi connectivity index (χ2v) is 11.1. The Morgan fingerprint density at radius 3 is 2.65 bits per heavy atom. The van der Waals surface area contributed by atoms with Gasteiger partial charge in [0, 0.05) is 18.0 Å². The number of rotatable bonds is 8. The van der Waals surface area contributed by atoms with Gasteiger partial charge in [0.05, 0.1) is 35.4 Å². The number of thiazole rings is 1. The monoisotopic (exact) mass is 460 g/mol. The molecule has 1 aliphatic carbocycles. The number of aromatic nitrogens is 1. The molecule has 0 amide bonds. The van der Waals surface area contributed by atoms with Gasteiger partial charge in [-0.2, -0.15) is 0 Å². The molecule has 8 heteroatoms. The van der Waals surface area contributed by atoms with Crippen LogP contribution in [-0.2, 0) is 12.3 Å². The number of nitrogens with zero attached hydrogens (tertiary/aromatic N) is 2. The molecule has 1 fully saturated rings. The van der Waals surface area contributed by atoms with E-state index in [-0.39, 0.29) is 12.7 Å². The van der Waals surface area contributed by atoms with Gasteiger partial charge >= 0.3 is 0 Å². The minimum atomic E-state index is -0.438. The number of nitrogens with one attached hydrogen (secondary N) is 2. The van der Waals surface area contributed by atoms with Gasteiger partial charge in [0.1, 0.15) is 5.69 Å². The predicted octanol–water partition coefficient (Wildman–Crippen LogP) is 4.18. The summed E-state index contributed by atoms with van der Waals surface area (Å²) >= 11 is 3.49. The van der Waals surface area contributed by atoms with Crippen LogP contribution in [0.2, 0.25) is 0 Å². The average Bonchev–Trinajstić information content (AvgIpc) is 3.17. The number of fused-ring (bicyclic) bond motifs is 1. The van der Waals surface area contributed by atoms with Gasteiger partial charge in [-0.05, 0) is 57.0 Å². The van der Waals surface area contributed by atoms with Crippen LogP contribution in [0.25, 0.3) is 5.70 Å². The van der Waals surface area contributed by atoms with Crippen LogP contribution < -0.4 is 10.6 Å². The Labute approximate surface area is 192 Å². The number of anilines is 1. The van der Waals surface area contributed by atoms with Gasteiger partial charge in [-0.15, -0.1) is 0 Å². The third-order valence-electron chi connectivity index (χ3n) is 5.66. The molecule has 0 radical (unpaired) electrons. The highest BCUT2D eigenvalue weighted by atomic mass is 32.2. The number of aliphatic hydroxyl groups excluding tert-OH is 2. The highest BCUT2D eigenvalue weighted by Crippen LogP contribution is 2.37. The summed E-state index contributed by atoms with van der Waals surface area (Å²) in [6.07, 6.45) is 5.62. The van der Waals surface area contributed by atoms with E-state index in [1.54, 1.807) is 23.3 Å². The molecule has 0 saturated heterocycles. The minimum absolute atomic E-state index is 0.0382. The van der Waals surface area contributed by atoms with Crippen molar-refractivity contribution in [3.05, 3.63) is 52.7 Å². The van der Waals surface area contributed by atoms with Gasteiger partial charge in [0.15, 0.2) is 5.13 Å². The minimum Gasteiger partial charge on any atom is -0.394 e. The molecule has 168 valence electrons. The molecular formula is C23H32N4O2S2. The Morgan fingerprint density at radius 1 is 1.19 bits per heavy atom. The van der Waals surface area contributed by atoms with E-state index < -0.39 is 5.54 Å². The van der Waals surface area contributed by atoms with Crippen molar-refractivity contribution in [1.82, 2.24) is 14.6 Å².